The van der Waals surface area contributed by atoms with Gasteiger partial charge in [-0.15, -0.1) is 0 Å². The highest BCUT2D eigenvalue weighted by Gasteiger charge is 2.28. The minimum atomic E-state index is 0.109. The summed E-state index contributed by atoms with van der Waals surface area (Å²) in [5.74, 6) is 0.122. The third-order valence-corrected chi connectivity index (χ3v) is 5.65. The largest absolute Gasteiger partial charge is 0.332 e. The molecule has 0 aliphatic carbocycles. The summed E-state index contributed by atoms with van der Waals surface area (Å²) in [7, 11) is 0. The third-order valence-electron chi connectivity index (χ3n) is 5.22. The van der Waals surface area contributed by atoms with Gasteiger partial charge in [0.15, 0.2) is 0 Å². The Bertz CT molecular complexity index is 960. The van der Waals surface area contributed by atoms with Crippen molar-refractivity contribution in [3.8, 4) is 0 Å². The van der Waals surface area contributed by atoms with Gasteiger partial charge in [0.1, 0.15) is 0 Å². The Morgan fingerprint density at radius 1 is 1.24 bits per heavy atom. The summed E-state index contributed by atoms with van der Waals surface area (Å²) in [6, 6.07) is 14.7. The van der Waals surface area contributed by atoms with Crippen LogP contribution in [0.4, 0.5) is 0 Å². The average Bonchev–Trinajstić information content (AvgIpc) is 3.01. The van der Waals surface area contributed by atoms with E-state index in [4.69, 9.17) is 0 Å². The Hall–Kier alpha value is -2.07. The molecule has 0 radical (unpaired) electrons. The molecule has 4 heteroatoms. The lowest BCUT2D eigenvalue weighted by Gasteiger charge is -2.35. The van der Waals surface area contributed by atoms with Crippen molar-refractivity contribution >= 4 is 27.4 Å². The predicted octanol–water partition coefficient (Wildman–Crippen LogP) is 5.02. The van der Waals surface area contributed by atoms with Gasteiger partial charge in [-0.1, -0.05) is 31.2 Å². The molecule has 128 valence electrons. The lowest BCUT2D eigenvalue weighted by Crippen LogP contribution is -2.38. The van der Waals surface area contributed by atoms with Crippen molar-refractivity contribution in [2.75, 3.05) is 6.54 Å². The number of carbonyl (C=O) groups is 1. The summed E-state index contributed by atoms with van der Waals surface area (Å²) in [6.45, 7) is 5.02. The van der Waals surface area contributed by atoms with Crippen molar-refractivity contribution < 1.29 is 4.79 Å². The molecule has 1 atom stereocenters. The Morgan fingerprint density at radius 3 is 2.84 bits per heavy atom. The van der Waals surface area contributed by atoms with Gasteiger partial charge in [-0.3, -0.25) is 4.79 Å². The predicted molar refractivity (Wildman–Crippen MR) is 104 cm³/mol. The summed E-state index contributed by atoms with van der Waals surface area (Å²) in [5.41, 5.74) is 5.61. The summed E-state index contributed by atoms with van der Waals surface area (Å²) in [4.78, 5) is 15.2. The number of pyridine rings is 1. The van der Waals surface area contributed by atoms with Crippen molar-refractivity contribution in [2.24, 2.45) is 0 Å². The highest BCUT2D eigenvalue weighted by Crippen LogP contribution is 2.31. The molecule has 1 aliphatic rings. The Morgan fingerprint density at radius 2 is 2.04 bits per heavy atom. The molecule has 1 aromatic carbocycles. The fourth-order valence-electron chi connectivity index (χ4n) is 3.87. The Kier molecular flexibility index (Phi) is 4.16. The van der Waals surface area contributed by atoms with Gasteiger partial charge in [-0.25, -0.2) is 0 Å². The molecule has 2 aromatic heterocycles. The van der Waals surface area contributed by atoms with Crippen LogP contribution in [0.3, 0.4) is 0 Å². The number of halogens is 1. The number of aromatic nitrogens is 1. The van der Waals surface area contributed by atoms with Crippen LogP contribution in [0.1, 0.15) is 47.1 Å². The van der Waals surface area contributed by atoms with Gasteiger partial charge >= 0.3 is 0 Å². The van der Waals surface area contributed by atoms with Crippen molar-refractivity contribution in [3.05, 3.63) is 75.5 Å². The number of hydrogen-bond donors (Lipinski definition) is 0. The topological polar surface area (TPSA) is 24.7 Å². The van der Waals surface area contributed by atoms with Crippen LogP contribution in [0.15, 0.2) is 53.1 Å². The van der Waals surface area contributed by atoms with E-state index in [-0.39, 0.29) is 11.9 Å². The molecule has 3 heterocycles. The first-order valence-electron chi connectivity index (χ1n) is 8.77. The highest BCUT2D eigenvalue weighted by molar-refractivity contribution is 9.10. The minimum Gasteiger partial charge on any atom is -0.332 e. The fraction of sp³-hybridized carbons (Fsp3) is 0.286. The van der Waals surface area contributed by atoms with Crippen LogP contribution in [0.25, 0.3) is 5.52 Å². The highest BCUT2D eigenvalue weighted by atomic mass is 79.9. The molecule has 0 N–H and O–H groups in total. The standard InChI is InChI=1S/C21H21BrN2O/c1-3-18-10-16(11-19-12-17(22)13-24(18)19)21(25)23-9-8-15-6-4-5-7-20(15)14(23)2/h4-7,10-14H,3,8-9H2,1-2H3. The number of carbonyl (C=O) groups excluding carboxylic acids is 1. The first kappa shape index (κ1) is 16.4. The molecule has 4 rings (SSSR count). The molecule has 0 saturated heterocycles. The van der Waals surface area contributed by atoms with Crippen LogP contribution in [0.2, 0.25) is 0 Å². The van der Waals surface area contributed by atoms with E-state index in [0.717, 1.165) is 40.6 Å². The quantitative estimate of drug-likeness (QED) is 0.596. The van der Waals surface area contributed by atoms with Gasteiger partial charge in [0.25, 0.3) is 5.91 Å². The maximum Gasteiger partial charge on any atom is 0.254 e. The maximum absolute atomic E-state index is 13.2. The van der Waals surface area contributed by atoms with Crippen LogP contribution in [0.5, 0.6) is 0 Å². The molecule has 3 aromatic rings. The van der Waals surface area contributed by atoms with E-state index < -0.39 is 0 Å². The van der Waals surface area contributed by atoms with Crippen LogP contribution in [0, 0.1) is 0 Å². The van der Waals surface area contributed by atoms with E-state index >= 15 is 0 Å². The number of aryl methyl sites for hydroxylation is 1. The molecule has 3 nitrogen and oxygen atoms in total. The number of nitrogens with zero attached hydrogens (tertiary/aromatic N) is 2. The summed E-state index contributed by atoms with van der Waals surface area (Å²) < 4.78 is 3.18. The van der Waals surface area contributed by atoms with Gasteiger partial charge in [0.05, 0.1) is 6.04 Å². The monoisotopic (exact) mass is 396 g/mol. The first-order valence-corrected chi connectivity index (χ1v) is 9.57. The second-order valence-electron chi connectivity index (χ2n) is 6.67. The first-order chi connectivity index (χ1) is 12.1. The van der Waals surface area contributed by atoms with Crippen molar-refractivity contribution in [1.82, 2.24) is 9.30 Å². The molecule has 0 saturated carbocycles. The zero-order valence-electron chi connectivity index (χ0n) is 14.5. The molecular formula is C21H21BrN2O. The van der Waals surface area contributed by atoms with Crippen molar-refractivity contribution in [2.45, 2.75) is 32.7 Å². The SMILES string of the molecule is CCc1cc(C(=O)N2CCc3ccccc3C2C)cc2cc(Br)cn12. The number of amides is 1. The van der Waals surface area contributed by atoms with Crippen molar-refractivity contribution in [3.63, 3.8) is 0 Å². The van der Waals surface area contributed by atoms with E-state index in [0.29, 0.717) is 0 Å². The second-order valence-corrected chi connectivity index (χ2v) is 7.58. The molecule has 0 bridgehead atoms. The zero-order chi connectivity index (χ0) is 17.6. The number of rotatable bonds is 2. The molecule has 1 aliphatic heterocycles. The molecule has 1 amide bonds. The maximum atomic E-state index is 13.2. The number of hydrogen-bond acceptors (Lipinski definition) is 1. The zero-order valence-corrected chi connectivity index (χ0v) is 16.1. The van der Waals surface area contributed by atoms with E-state index in [2.05, 4.69) is 70.7 Å². The molecule has 1 unspecified atom stereocenters. The van der Waals surface area contributed by atoms with E-state index in [9.17, 15) is 4.79 Å². The fourth-order valence-corrected chi connectivity index (χ4v) is 4.31. The van der Waals surface area contributed by atoms with Gasteiger partial charge in [0.2, 0.25) is 0 Å². The Balaban J connectivity index is 1.73. The van der Waals surface area contributed by atoms with Gasteiger partial charge in [0, 0.05) is 34.0 Å². The average molecular weight is 397 g/mol. The summed E-state index contributed by atoms with van der Waals surface area (Å²) in [5, 5.41) is 0. The van der Waals surface area contributed by atoms with Gasteiger partial charge < -0.3 is 9.30 Å². The number of benzene rings is 1. The normalized spacial score (nSPS) is 16.9. The van der Waals surface area contributed by atoms with E-state index in [1.54, 1.807) is 0 Å². The minimum absolute atomic E-state index is 0.109. The smallest absolute Gasteiger partial charge is 0.254 e. The lowest BCUT2D eigenvalue weighted by molar-refractivity contribution is 0.0677. The molecule has 25 heavy (non-hydrogen) atoms. The van der Waals surface area contributed by atoms with E-state index in [1.165, 1.54) is 11.1 Å². The Labute approximate surface area is 156 Å². The molecule has 0 spiro atoms. The molecular weight excluding hydrogens is 376 g/mol. The van der Waals surface area contributed by atoms with Crippen LogP contribution < -0.4 is 0 Å². The summed E-state index contributed by atoms with van der Waals surface area (Å²) >= 11 is 3.54. The third kappa shape index (κ3) is 2.78. The van der Waals surface area contributed by atoms with Gasteiger partial charge in [-0.2, -0.15) is 0 Å². The summed E-state index contributed by atoms with van der Waals surface area (Å²) in [6.07, 6.45) is 3.87. The second kappa shape index (κ2) is 6.34. The van der Waals surface area contributed by atoms with E-state index in [1.807, 2.05) is 17.0 Å². The molecule has 0 fully saturated rings. The lowest BCUT2D eigenvalue weighted by atomic mass is 9.93. The number of fused-ring (bicyclic) bond motifs is 2. The van der Waals surface area contributed by atoms with Gasteiger partial charge in [-0.05, 0) is 65.0 Å². The van der Waals surface area contributed by atoms with Crippen LogP contribution in [-0.2, 0) is 12.8 Å². The van der Waals surface area contributed by atoms with Crippen LogP contribution >= 0.6 is 15.9 Å². The van der Waals surface area contributed by atoms with Crippen molar-refractivity contribution in [1.29, 1.82) is 0 Å². The van der Waals surface area contributed by atoms with Crippen LogP contribution in [-0.4, -0.2) is 21.8 Å².